The van der Waals surface area contributed by atoms with Gasteiger partial charge in [-0.15, -0.1) is 10.2 Å². The summed E-state index contributed by atoms with van der Waals surface area (Å²) in [5, 5.41) is 9.28. The van der Waals surface area contributed by atoms with E-state index < -0.39 is 21.0 Å². The number of sulfone groups is 1. The maximum absolute atomic E-state index is 11.6. The number of rotatable bonds is 3. The van der Waals surface area contributed by atoms with E-state index in [-0.39, 0.29) is 21.8 Å². The maximum atomic E-state index is 11.6. The van der Waals surface area contributed by atoms with Gasteiger partial charge >= 0.3 is 0 Å². The zero-order valence-electron chi connectivity index (χ0n) is 8.72. The third-order valence-corrected chi connectivity index (χ3v) is 5.84. The van der Waals surface area contributed by atoms with Gasteiger partial charge in [0.2, 0.25) is 9.47 Å². The van der Waals surface area contributed by atoms with Gasteiger partial charge in [0.25, 0.3) is 5.91 Å². The summed E-state index contributed by atoms with van der Waals surface area (Å²) in [7, 11) is -3.03. The topological polar surface area (TPSA) is 89.0 Å². The van der Waals surface area contributed by atoms with Crippen molar-refractivity contribution in [2.24, 2.45) is 0 Å². The number of hydrogen-bond acceptors (Lipinski definition) is 6. The first kappa shape index (κ1) is 12.7. The normalized spacial score (nSPS) is 22.5. The Kier molecular flexibility index (Phi) is 3.64. The monoisotopic (exact) mass is 295 g/mol. The summed E-state index contributed by atoms with van der Waals surface area (Å²) in [6, 6.07) is 0. The van der Waals surface area contributed by atoms with Crippen molar-refractivity contribution in [2.75, 3.05) is 12.3 Å². The molecule has 0 radical (unpaired) electrons. The highest BCUT2D eigenvalue weighted by Gasteiger charge is 2.31. The lowest BCUT2D eigenvalue weighted by Gasteiger charge is -2.09. The summed E-state index contributed by atoms with van der Waals surface area (Å²) in [5.74, 6) is -0.227. The molecule has 0 spiro atoms. The van der Waals surface area contributed by atoms with Crippen LogP contribution in [-0.4, -0.2) is 42.1 Å². The Morgan fingerprint density at radius 2 is 2.29 bits per heavy atom. The van der Waals surface area contributed by atoms with Crippen LogP contribution in [0.15, 0.2) is 0 Å². The average Bonchev–Trinajstić information content (AvgIpc) is 2.81. The van der Waals surface area contributed by atoms with Crippen LogP contribution in [0.5, 0.6) is 0 Å². The van der Waals surface area contributed by atoms with Crippen LogP contribution in [0.4, 0.5) is 0 Å². The van der Waals surface area contributed by atoms with Crippen LogP contribution in [0.2, 0.25) is 4.47 Å². The van der Waals surface area contributed by atoms with Crippen molar-refractivity contribution < 1.29 is 13.2 Å². The molecule has 1 aliphatic heterocycles. The molecule has 9 heteroatoms. The van der Waals surface area contributed by atoms with Gasteiger partial charge < -0.3 is 5.32 Å². The van der Waals surface area contributed by atoms with E-state index in [9.17, 15) is 13.2 Å². The summed E-state index contributed by atoms with van der Waals surface area (Å²) in [4.78, 5) is 11.6. The van der Waals surface area contributed by atoms with Crippen LogP contribution >= 0.6 is 22.9 Å². The second-order valence-electron chi connectivity index (χ2n) is 3.70. The Hall–Kier alpha value is -0.730. The number of carbonyl (C=O) groups excluding carboxylic acids is 1. The lowest BCUT2D eigenvalue weighted by atomic mass is 10.2. The highest BCUT2D eigenvalue weighted by molar-refractivity contribution is 7.92. The predicted octanol–water partition coefficient (Wildman–Crippen LogP) is 0.499. The van der Waals surface area contributed by atoms with Crippen LogP contribution in [0.1, 0.15) is 22.6 Å². The van der Waals surface area contributed by atoms with Crippen molar-refractivity contribution in [3.63, 3.8) is 0 Å². The van der Waals surface area contributed by atoms with E-state index in [1.807, 2.05) is 0 Å². The van der Waals surface area contributed by atoms with Gasteiger partial charge in [0.05, 0.1) is 11.0 Å². The fourth-order valence-electron chi connectivity index (χ4n) is 1.67. The molecule has 1 N–H and O–H groups in total. The van der Waals surface area contributed by atoms with Crippen molar-refractivity contribution in [1.82, 2.24) is 15.5 Å². The van der Waals surface area contributed by atoms with Gasteiger partial charge in [0.15, 0.2) is 9.84 Å². The Morgan fingerprint density at radius 3 is 2.82 bits per heavy atom. The van der Waals surface area contributed by atoms with Crippen LogP contribution in [-0.2, 0) is 9.84 Å². The van der Waals surface area contributed by atoms with E-state index in [2.05, 4.69) is 15.5 Å². The molecule has 1 saturated heterocycles. The predicted molar refractivity (Wildman–Crippen MR) is 64.1 cm³/mol. The van der Waals surface area contributed by atoms with Crippen molar-refractivity contribution in [3.05, 3.63) is 9.47 Å². The average molecular weight is 296 g/mol. The summed E-state index contributed by atoms with van der Waals surface area (Å²) in [6.45, 7) is 0.123. The Balaban J connectivity index is 1.93. The van der Waals surface area contributed by atoms with Gasteiger partial charge in [-0.05, 0) is 24.4 Å². The molecule has 0 saturated carbocycles. The van der Waals surface area contributed by atoms with E-state index in [1.54, 1.807) is 0 Å². The summed E-state index contributed by atoms with van der Waals surface area (Å²) >= 11 is 6.51. The molecule has 17 heavy (non-hydrogen) atoms. The third kappa shape index (κ3) is 2.93. The Labute approximate surface area is 107 Å². The van der Waals surface area contributed by atoms with E-state index in [0.717, 1.165) is 11.3 Å². The number of amides is 1. The van der Waals surface area contributed by atoms with Crippen molar-refractivity contribution in [1.29, 1.82) is 0 Å². The highest BCUT2D eigenvalue weighted by atomic mass is 35.5. The first-order valence-corrected chi connectivity index (χ1v) is 7.89. The Morgan fingerprint density at radius 1 is 1.53 bits per heavy atom. The standard InChI is InChI=1S/C8H10ClN3O3S2/c9-8-12-11-7(16-8)6(13)10-4-5-2-1-3-17(5,14)15/h5H,1-4H2,(H,10,13). The minimum atomic E-state index is -3.03. The molecule has 2 rings (SSSR count). The van der Waals surface area contributed by atoms with Crippen LogP contribution < -0.4 is 5.32 Å². The molecule has 6 nitrogen and oxygen atoms in total. The molecular weight excluding hydrogens is 286 g/mol. The molecule has 0 aliphatic carbocycles. The van der Waals surface area contributed by atoms with E-state index in [1.165, 1.54) is 0 Å². The molecule has 1 unspecified atom stereocenters. The third-order valence-electron chi connectivity index (χ3n) is 2.55. The molecular formula is C8H10ClN3O3S2. The van der Waals surface area contributed by atoms with Gasteiger partial charge in [0.1, 0.15) is 0 Å². The molecule has 94 valence electrons. The lowest BCUT2D eigenvalue weighted by molar-refractivity contribution is 0.0952. The molecule has 1 fully saturated rings. The minimum Gasteiger partial charge on any atom is -0.349 e. The van der Waals surface area contributed by atoms with Crippen molar-refractivity contribution in [3.8, 4) is 0 Å². The first-order chi connectivity index (χ1) is 7.99. The fraction of sp³-hybridized carbons (Fsp3) is 0.625. The van der Waals surface area contributed by atoms with Crippen LogP contribution in [0.25, 0.3) is 0 Å². The summed E-state index contributed by atoms with van der Waals surface area (Å²) in [5.41, 5.74) is 0. The second kappa shape index (κ2) is 4.87. The SMILES string of the molecule is O=C(NCC1CCCS1(=O)=O)c1nnc(Cl)s1. The van der Waals surface area contributed by atoms with Crippen LogP contribution in [0, 0.1) is 0 Å². The molecule has 1 amide bonds. The minimum absolute atomic E-state index is 0.123. The quantitative estimate of drug-likeness (QED) is 0.877. The maximum Gasteiger partial charge on any atom is 0.282 e. The lowest BCUT2D eigenvalue weighted by Crippen LogP contribution is -2.34. The zero-order valence-corrected chi connectivity index (χ0v) is 11.1. The van der Waals surface area contributed by atoms with Gasteiger partial charge in [0, 0.05) is 6.54 Å². The van der Waals surface area contributed by atoms with E-state index >= 15 is 0 Å². The molecule has 1 aromatic rings. The summed E-state index contributed by atoms with van der Waals surface area (Å²) in [6.07, 6.45) is 1.26. The highest BCUT2D eigenvalue weighted by Crippen LogP contribution is 2.19. The van der Waals surface area contributed by atoms with Crippen molar-refractivity contribution >= 4 is 38.7 Å². The zero-order chi connectivity index (χ0) is 12.5. The number of halogens is 1. The molecule has 0 aromatic carbocycles. The number of nitrogens with one attached hydrogen (secondary N) is 1. The van der Waals surface area contributed by atoms with E-state index in [4.69, 9.17) is 11.6 Å². The number of hydrogen-bond donors (Lipinski definition) is 1. The second-order valence-corrected chi connectivity index (χ2v) is 7.66. The number of carbonyl (C=O) groups is 1. The number of nitrogens with zero attached hydrogens (tertiary/aromatic N) is 2. The molecule has 1 aliphatic rings. The van der Waals surface area contributed by atoms with Gasteiger partial charge in [-0.25, -0.2) is 8.42 Å². The van der Waals surface area contributed by atoms with E-state index in [0.29, 0.717) is 12.8 Å². The Bertz CT molecular complexity index is 528. The molecule has 2 heterocycles. The molecule has 1 aromatic heterocycles. The van der Waals surface area contributed by atoms with Crippen molar-refractivity contribution in [2.45, 2.75) is 18.1 Å². The first-order valence-electron chi connectivity index (χ1n) is 4.98. The largest absolute Gasteiger partial charge is 0.349 e. The van der Waals surface area contributed by atoms with Crippen LogP contribution in [0.3, 0.4) is 0 Å². The van der Waals surface area contributed by atoms with Gasteiger partial charge in [-0.2, -0.15) is 0 Å². The fourth-order valence-corrected chi connectivity index (χ4v) is 4.18. The molecule has 1 atom stereocenters. The smallest absolute Gasteiger partial charge is 0.282 e. The van der Waals surface area contributed by atoms with Gasteiger partial charge in [-0.1, -0.05) is 11.3 Å². The molecule has 0 bridgehead atoms. The number of aromatic nitrogens is 2. The van der Waals surface area contributed by atoms with Gasteiger partial charge in [-0.3, -0.25) is 4.79 Å². The summed E-state index contributed by atoms with van der Waals surface area (Å²) < 4.78 is 23.2.